The minimum absolute atomic E-state index is 0.141. The van der Waals surface area contributed by atoms with Crippen molar-refractivity contribution in [2.45, 2.75) is 52.4 Å². The normalized spacial score (nSPS) is 10.4. The Morgan fingerprint density at radius 2 is 1.57 bits per heavy atom. The van der Waals surface area contributed by atoms with Gasteiger partial charge in [0.15, 0.2) is 0 Å². The standard InChI is InChI=1S/C18H29NO2/c1-4-6-8-9-15-19(14-7-5-2)18(20)16-10-12-17(21-3)13-11-16/h10-13H,4-9,14-15H2,1-3H3. The summed E-state index contributed by atoms with van der Waals surface area (Å²) in [6.07, 6.45) is 6.95. The minimum Gasteiger partial charge on any atom is -0.497 e. The Labute approximate surface area is 129 Å². The third kappa shape index (κ3) is 6.19. The van der Waals surface area contributed by atoms with Crippen molar-refractivity contribution >= 4 is 5.91 Å². The number of amides is 1. The lowest BCUT2D eigenvalue weighted by Gasteiger charge is -2.22. The maximum absolute atomic E-state index is 12.6. The molecule has 0 aromatic heterocycles. The van der Waals surface area contributed by atoms with E-state index in [-0.39, 0.29) is 5.91 Å². The van der Waals surface area contributed by atoms with Gasteiger partial charge < -0.3 is 9.64 Å². The van der Waals surface area contributed by atoms with Crippen molar-refractivity contribution in [1.29, 1.82) is 0 Å². The number of ether oxygens (including phenoxy) is 1. The Hall–Kier alpha value is -1.51. The van der Waals surface area contributed by atoms with E-state index in [1.807, 2.05) is 29.2 Å². The lowest BCUT2D eigenvalue weighted by Crippen LogP contribution is -2.33. The number of carbonyl (C=O) groups is 1. The third-order valence-electron chi connectivity index (χ3n) is 3.69. The van der Waals surface area contributed by atoms with Crippen molar-refractivity contribution in [3.8, 4) is 5.75 Å². The predicted octanol–water partition coefficient (Wildman–Crippen LogP) is 4.52. The smallest absolute Gasteiger partial charge is 0.253 e. The molecule has 0 saturated carbocycles. The SMILES string of the molecule is CCCCCCN(CCCC)C(=O)c1ccc(OC)cc1. The molecule has 0 fully saturated rings. The fraction of sp³-hybridized carbons (Fsp3) is 0.611. The molecule has 21 heavy (non-hydrogen) atoms. The van der Waals surface area contributed by atoms with Gasteiger partial charge in [-0.2, -0.15) is 0 Å². The molecule has 0 aliphatic heterocycles. The van der Waals surface area contributed by atoms with Gasteiger partial charge in [0.2, 0.25) is 0 Å². The van der Waals surface area contributed by atoms with E-state index in [0.29, 0.717) is 0 Å². The summed E-state index contributed by atoms with van der Waals surface area (Å²) in [4.78, 5) is 14.6. The number of hydrogen-bond acceptors (Lipinski definition) is 2. The number of carbonyl (C=O) groups excluding carboxylic acids is 1. The van der Waals surface area contributed by atoms with Crippen molar-refractivity contribution in [2.24, 2.45) is 0 Å². The molecule has 0 saturated heterocycles. The van der Waals surface area contributed by atoms with Crippen LogP contribution in [0.5, 0.6) is 5.75 Å². The Morgan fingerprint density at radius 1 is 0.952 bits per heavy atom. The van der Waals surface area contributed by atoms with Crippen LogP contribution in [0, 0.1) is 0 Å². The summed E-state index contributed by atoms with van der Waals surface area (Å²) in [6.45, 7) is 6.09. The van der Waals surface area contributed by atoms with Gasteiger partial charge in [0.05, 0.1) is 7.11 Å². The maximum atomic E-state index is 12.6. The first-order valence-corrected chi connectivity index (χ1v) is 8.16. The van der Waals surface area contributed by atoms with E-state index in [2.05, 4.69) is 13.8 Å². The second-order valence-corrected chi connectivity index (χ2v) is 5.43. The Bertz CT molecular complexity index is 400. The van der Waals surface area contributed by atoms with E-state index in [4.69, 9.17) is 4.74 Å². The summed E-state index contributed by atoms with van der Waals surface area (Å²) in [5, 5.41) is 0. The molecule has 0 spiro atoms. The summed E-state index contributed by atoms with van der Waals surface area (Å²) < 4.78 is 5.14. The second-order valence-electron chi connectivity index (χ2n) is 5.43. The molecule has 1 aromatic rings. The third-order valence-corrected chi connectivity index (χ3v) is 3.69. The molecule has 3 heteroatoms. The summed E-state index contributed by atoms with van der Waals surface area (Å²) in [5.41, 5.74) is 0.752. The molecule has 1 aromatic carbocycles. The minimum atomic E-state index is 0.141. The van der Waals surface area contributed by atoms with Gasteiger partial charge in [-0.15, -0.1) is 0 Å². The molecule has 1 amide bonds. The fourth-order valence-electron chi connectivity index (χ4n) is 2.31. The number of nitrogens with zero attached hydrogens (tertiary/aromatic N) is 1. The molecule has 0 heterocycles. The largest absolute Gasteiger partial charge is 0.497 e. The number of unbranched alkanes of at least 4 members (excludes halogenated alkanes) is 4. The maximum Gasteiger partial charge on any atom is 0.253 e. The van der Waals surface area contributed by atoms with Crippen molar-refractivity contribution in [1.82, 2.24) is 4.90 Å². The first kappa shape index (κ1) is 17.5. The van der Waals surface area contributed by atoms with Crippen LogP contribution in [-0.2, 0) is 0 Å². The number of hydrogen-bond donors (Lipinski definition) is 0. The Balaban J connectivity index is 2.63. The highest BCUT2D eigenvalue weighted by Gasteiger charge is 2.14. The van der Waals surface area contributed by atoms with E-state index >= 15 is 0 Å². The molecule has 118 valence electrons. The Morgan fingerprint density at radius 3 is 2.14 bits per heavy atom. The van der Waals surface area contributed by atoms with Crippen molar-refractivity contribution in [3.63, 3.8) is 0 Å². The summed E-state index contributed by atoms with van der Waals surface area (Å²) in [7, 11) is 1.64. The van der Waals surface area contributed by atoms with Crippen LogP contribution in [-0.4, -0.2) is 31.0 Å². The van der Waals surface area contributed by atoms with E-state index in [9.17, 15) is 4.79 Å². The number of rotatable bonds is 10. The zero-order valence-electron chi connectivity index (χ0n) is 13.7. The van der Waals surface area contributed by atoms with Gasteiger partial charge in [-0.1, -0.05) is 39.5 Å². The van der Waals surface area contributed by atoms with Gasteiger partial charge in [0, 0.05) is 18.7 Å². The molecular weight excluding hydrogens is 262 g/mol. The van der Waals surface area contributed by atoms with E-state index in [1.54, 1.807) is 7.11 Å². The predicted molar refractivity (Wildman–Crippen MR) is 87.9 cm³/mol. The average molecular weight is 291 g/mol. The zero-order valence-corrected chi connectivity index (χ0v) is 13.7. The highest BCUT2D eigenvalue weighted by atomic mass is 16.5. The van der Waals surface area contributed by atoms with Gasteiger partial charge in [-0.05, 0) is 37.1 Å². The molecule has 0 aliphatic carbocycles. The van der Waals surface area contributed by atoms with Crippen LogP contribution in [0.25, 0.3) is 0 Å². The summed E-state index contributed by atoms with van der Waals surface area (Å²) in [6, 6.07) is 7.41. The van der Waals surface area contributed by atoms with Gasteiger partial charge in [0.25, 0.3) is 5.91 Å². The van der Waals surface area contributed by atoms with Gasteiger partial charge in [0.1, 0.15) is 5.75 Å². The number of benzene rings is 1. The molecule has 0 radical (unpaired) electrons. The van der Waals surface area contributed by atoms with Crippen LogP contribution >= 0.6 is 0 Å². The molecule has 0 bridgehead atoms. The van der Waals surface area contributed by atoms with E-state index in [0.717, 1.165) is 43.7 Å². The van der Waals surface area contributed by atoms with Crippen LogP contribution in [0.2, 0.25) is 0 Å². The lowest BCUT2D eigenvalue weighted by atomic mass is 10.1. The van der Waals surface area contributed by atoms with Crippen LogP contribution < -0.4 is 4.74 Å². The molecular formula is C18H29NO2. The molecule has 0 N–H and O–H groups in total. The van der Waals surface area contributed by atoms with Crippen LogP contribution in [0.15, 0.2) is 24.3 Å². The summed E-state index contributed by atoms with van der Waals surface area (Å²) in [5.74, 6) is 0.928. The monoisotopic (exact) mass is 291 g/mol. The molecule has 0 aliphatic rings. The topological polar surface area (TPSA) is 29.5 Å². The second kappa shape index (κ2) is 10.3. The molecule has 0 unspecified atom stereocenters. The number of methoxy groups -OCH3 is 1. The lowest BCUT2D eigenvalue weighted by molar-refractivity contribution is 0.0750. The molecule has 0 atom stereocenters. The van der Waals surface area contributed by atoms with Crippen molar-refractivity contribution < 1.29 is 9.53 Å². The first-order chi connectivity index (χ1) is 10.2. The quantitative estimate of drug-likeness (QED) is 0.593. The fourth-order valence-corrected chi connectivity index (χ4v) is 2.31. The van der Waals surface area contributed by atoms with Gasteiger partial charge in [-0.3, -0.25) is 4.79 Å². The van der Waals surface area contributed by atoms with Gasteiger partial charge >= 0.3 is 0 Å². The Kier molecular flexibility index (Phi) is 8.56. The van der Waals surface area contributed by atoms with Crippen molar-refractivity contribution in [3.05, 3.63) is 29.8 Å². The van der Waals surface area contributed by atoms with Gasteiger partial charge in [-0.25, -0.2) is 0 Å². The van der Waals surface area contributed by atoms with Crippen molar-refractivity contribution in [2.75, 3.05) is 20.2 Å². The van der Waals surface area contributed by atoms with Crippen LogP contribution in [0.3, 0.4) is 0 Å². The average Bonchev–Trinajstić information content (AvgIpc) is 2.53. The van der Waals surface area contributed by atoms with Crippen LogP contribution in [0.1, 0.15) is 62.7 Å². The highest BCUT2D eigenvalue weighted by Crippen LogP contribution is 2.14. The molecule has 1 rings (SSSR count). The highest BCUT2D eigenvalue weighted by molar-refractivity contribution is 5.94. The summed E-state index contributed by atoms with van der Waals surface area (Å²) >= 11 is 0. The first-order valence-electron chi connectivity index (χ1n) is 8.16. The van der Waals surface area contributed by atoms with Crippen LogP contribution in [0.4, 0.5) is 0 Å². The molecule has 3 nitrogen and oxygen atoms in total. The van der Waals surface area contributed by atoms with E-state index < -0.39 is 0 Å². The van der Waals surface area contributed by atoms with E-state index in [1.165, 1.54) is 19.3 Å². The zero-order chi connectivity index (χ0) is 15.5.